The predicted octanol–water partition coefficient (Wildman–Crippen LogP) is 3.71. The minimum atomic E-state index is -0.265. The molecule has 0 N–H and O–H groups in total. The summed E-state index contributed by atoms with van der Waals surface area (Å²) in [5, 5.41) is 0. The lowest BCUT2D eigenvalue weighted by molar-refractivity contribution is 0.628. The lowest BCUT2D eigenvalue weighted by Crippen LogP contribution is -2.07. The summed E-state index contributed by atoms with van der Waals surface area (Å²) in [5.41, 5.74) is 3.44. The average Bonchev–Trinajstić information content (AvgIpc) is 2.77. The molecule has 0 aliphatic heterocycles. The summed E-state index contributed by atoms with van der Waals surface area (Å²) in [6.07, 6.45) is 0.643. The Morgan fingerprint density at radius 2 is 2.05 bits per heavy atom. The monoisotopic (exact) mass is 303 g/mol. The Hall–Kier alpha value is -1.94. The standard InChI is InChI=1S/C16H15ClFN3/c1-11-3-2-4-13(19-11)10-21-15-9-12(18)5-6-14(15)20-16(21)7-8-17/h2-6,9H,7-8,10H2,1H3. The van der Waals surface area contributed by atoms with Crippen LogP contribution in [0.2, 0.25) is 0 Å². The quantitative estimate of drug-likeness (QED) is 0.688. The molecule has 0 aliphatic rings. The summed E-state index contributed by atoms with van der Waals surface area (Å²) in [6.45, 7) is 2.52. The number of nitrogens with zero attached hydrogens (tertiary/aromatic N) is 3. The van der Waals surface area contributed by atoms with E-state index in [1.165, 1.54) is 12.1 Å². The van der Waals surface area contributed by atoms with Gasteiger partial charge in [-0.1, -0.05) is 6.07 Å². The van der Waals surface area contributed by atoms with Crippen LogP contribution in [0, 0.1) is 12.7 Å². The first-order chi connectivity index (χ1) is 10.2. The number of rotatable bonds is 4. The number of benzene rings is 1. The van der Waals surface area contributed by atoms with E-state index in [9.17, 15) is 4.39 Å². The van der Waals surface area contributed by atoms with Gasteiger partial charge >= 0.3 is 0 Å². The van der Waals surface area contributed by atoms with Gasteiger partial charge in [-0.2, -0.15) is 0 Å². The molecule has 3 aromatic rings. The fourth-order valence-corrected chi connectivity index (χ4v) is 2.62. The van der Waals surface area contributed by atoms with Crippen molar-refractivity contribution in [2.24, 2.45) is 0 Å². The van der Waals surface area contributed by atoms with Crippen LogP contribution in [-0.4, -0.2) is 20.4 Å². The second-order valence-corrected chi connectivity index (χ2v) is 5.33. The number of aryl methyl sites for hydroxylation is 2. The molecule has 0 saturated heterocycles. The molecule has 3 nitrogen and oxygen atoms in total. The highest BCUT2D eigenvalue weighted by molar-refractivity contribution is 6.17. The Morgan fingerprint density at radius 1 is 1.19 bits per heavy atom. The lowest BCUT2D eigenvalue weighted by Gasteiger charge is -2.08. The van der Waals surface area contributed by atoms with Gasteiger partial charge in [0, 0.05) is 18.0 Å². The van der Waals surface area contributed by atoms with Crippen LogP contribution in [-0.2, 0) is 13.0 Å². The van der Waals surface area contributed by atoms with E-state index in [1.807, 2.05) is 29.7 Å². The molecule has 0 aliphatic carbocycles. The van der Waals surface area contributed by atoms with Crippen LogP contribution < -0.4 is 0 Å². The summed E-state index contributed by atoms with van der Waals surface area (Å²) in [4.78, 5) is 9.05. The van der Waals surface area contributed by atoms with Crippen molar-refractivity contribution in [3.8, 4) is 0 Å². The van der Waals surface area contributed by atoms with Crippen LogP contribution in [0.5, 0.6) is 0 Å². The molecule has 0 atom stereocenters. The molecule has 0 spiro atoms. The molecule has 0 radical (unpaired) electrons. The summed E-state index contributed by atoms with van der Waals surface area (Å²) in [7, 11) is 0. The van der Waals surface area contributed by atoms with Crippen molar-refractivity contribution in [1.82, 2.24) is 14.5 Å². The fraction of sp³-hybridized carbons (Fsp3) is 0.250. The SMILES string of the molecule is Cc1cccc(Cn2c(CCCl)nc3ccc(F)cc32)n1. The van der Waals surface area contributed by atoms with Gasteiger partial charge in [0.25, 0.3) is 0 Å². The number of pyridine rings is 1. The normalized spacial score (nSPS) is 11.2. The summed E-state index contributed by atoms with van der Waals surface area (Å²) < 4.78 is 15.5. The Bertz CT molecular complexity index is 782. The van der Waals surface area contributed by atoms with E-state index in [4.69, 9.17) is 11.6 Å². The van der Waals surface area contributed by atoms with E-state index in [1.54, 1.807) is 6.07 Å². The second-order valence-electron chi connectivity index (χ2n) is 4.96. The van der Waals surface area contributed by atoms with Gasteiger partial charge in [-0.05, 0) is 37.3 Å². The van der Waals surface area contributed by atoms with Crippen LogP contribution in [0.3, 0.4) is 0 Å². The van der Waals surface area contributed by atoms with Gasteiger partial charge in [0.1, 0.15) is 11.6 Å². The van der Waals surface area contributed by atoms with Gasteiger partial charge in [-0.25, -0.2) is 9.37 Å². The third-order valence-corrected chi connectivity index (χ3v) is 3.56. The minimum absolute atomic E-state index is 0.265. The van der Waals surface area contributed by atoms with Crippen LogP contribution in [0.1, 0.15) is 17.2 Å². The van der Waals surface area contributed by atoms with Gasteiger partial charge in [0.05, 0.1) is 23.3 Å². The number of imidazole rings is 1. The highest BCUT2D eigenvalue weighted by atomic mass is 35.5. The zero-order valence-corrected chi connectivity index (χ0v) is 12.4. The molecule has 5 heteroatoms. The smallest absolute Gasteiger partial charge is 0.125 e. The molecular formula is C16H15ClFN3. The van der Waals surface area contributed by atoms with Crippen LogP contribution in [0.25, 0.3) is 11.0 Å². The largest absolute Gasteiger partial charge is 0.322 e. The first-order valence-electron chi connectivity index (χ1n) is 6.80. The molecule has 3 rings (SSSR count). The third-order valence-electron chi connectivity index (χ3n) is 3.37. The zero-order valence-electron chi connectivity index (χ0n) is 11.7. The van der Waals surface area contributed by atoms with Gasteiger partial charge in [0.2, 0.25) is 0 Å². The molecule has 21 heavy (non-hydrogen) atoms. The first kappa shape index (κ1) is 14.0. The summed E-state index contributed by atoms with van der Waals surface area (Å²) in [6, 6.07) is 10.5. The van der Waals surface area contributed by atoms with Crippen molar-refractivity contribution in [2.75, 3.05) is 5.88 Å². The molecular weight excluding hydrogens is 289 g/mol. The van der Waals surface area contributed by atoms with Crippen molar-refractivity contribution in [3.05, 3.63) is 59.4 Å². The third kappa shape index (κ3) is 2.90. The average molecular weight is 304 g/mol. The van der Waals surface area contributed by atoms with Gasteiger partial charge in [-0.3, -0.25) is 4.98 Å². The van der Waals surface area contributed by atoms with Crippen LogP contribution in [0.4, 0.5) is 4.39 Å². The number of halogens is 2. The maximum Gasteiger partial charge on any atom is 0.125 e. The number of hydrogen-bond donors (Lipinski definition) is 0. The molecule has 2 aromatic heterocycles. The van der Waals surface area contributed by atoms with E-state index in [0.29, 0.717) is 18.8 Å². The molecule has 108 valence electrons. The number of alkyl halides is 1. The van der Waals surface area contributed by atoms with Crippen LogP contribution in [0.15, 0.2) is 36.4 Å². The van der Waals surface area contributed by atoms with E-state index in [0.717, 1.165) is 28.2 Å². The van der Waals surface area contributed by atoms with Crippen molar-refractivity contribution in [1.29, 1.82) is 0 Å². The molecule has 1 aromatic carbocycles. The molecule has 0 amide bonds. The van der Waals surface area contributed by atoms with Crippen molar-refractivity contribution in [2.45, 2.75) is 19.9 Å². The van der Waals surface area contributed by atoms with E-state index < -0.39 is 0 Å². The molecule has 0 saturated carbocycles. The lowest BCUT2D eigenvalue weighted by atomic mass is 10.2. The first-order valence-corrected chi connectivity index (χ1v) is 7.34. The second kappa shape index (κ2) is 5.82. The van der Waals surface area contributed by atoms with Crippen molar-refractivity contribution in [3.63, 3.8) is 0 Å². The molecule has 2 heterocycles. The predicted molar refractivity (Wildman–Crippen MR) is 82.2 cm³/mol. The van der Waals surface area contributed by atoms with Crippen molar-refractivity contribution >= 4 is 22.6 Å². The Balaban J connectivity index is 2.10. The number of aromatic nitrogens is 3. The van der Waals surface area contributed by atoms with E-state index in [-0.39, 0.29) is 5.82 Å². The number of fused-ring (bicyclic) bond motifs is 1. The van der Waals surface area contributed by atoms with E-state index >= 15 is 0 Å². The van der Waals surface area contributed by atoms with Gasteiger partial charge < -0.3 is 4.57 Å². The maximum atomic E-state index is 13.5. The highest BCUT2D eigenvalue weighted by Gasteiger charge is 2.12. The molecule has 0 unspecified atom stereocenters. The fourth-order valence-electron chi connectivity index (χ4n) is 2.45. The minimum Gasteiger partial charge on any atom is -0.322 e. The Kier molecular flexibility index (Phi) is 3.88. The molecule has 0 fully saturated rings. The maximum absolute atomic E-state index is 13.5. The van der Waals surface area contributed by atoms with Gasteiger partial charge in [0.15, 0.2) is 0 Å². The zero-order chi connectivity index (χ0) is 14.8. The Morgan fingerprint density at radius 3 is 2.81 bits per heavy atom. The summed E-state index contributed by atoms with van der Waals surface area (Å²) in [5.74, 6) is 1.07. The molecule has 0 bridgehead atoms. The van der Waals surface area contributed by atoms with Gasteiger partial charge in [-0.15, -0.1) is 11.6 Å². The Labute approximate surface area is 127 Å². The summed E-state index contributed by atoms with van der Waals surface area (Å²) >= 11 is 5.85. The van der Waals surface area contributed by atoms with Crippen LogP contribution >= 0.6 is 11.6 Å². The van der Waals surface area contributed by atoms with Crippen molar-refractivity contribution < 1.29 is 4.39 Å². The highest BCUT2D eigenvalue weighted by Crippen LogP contribution is 2.19. The topological polar surface area (TPSA) is 30.7 Å². The van der Waals surface area contributed by atoms with E-state index in [2.05, 4.69) is 9.97 Å². The number of hydrogen-bond acceptors (Lipinski definition) is 2.